The van der Waals surface area contributed by atoms with Crippen LogP contribution in [0.15, 0.2) is 53.5 Å². The van der Waals surface area contributed by atoms with E-state index < -0.39 is 0 Å². The minimum atomic E-state index is -0.249. The minimum Gasteiger partial charge on any atom is -0.326 e. The van der Waals surface area contributed by atoms with E-state index in [-0.39, 0.29) is 5.91 Å². The average molecular weight is 438 g/mol. The number of nitrogens with zero attached hydrogens (tertiary/aromatic N) is 3. The van der Waals surface area contributed by atoms with Gasteiger partial charge in [-0.3, -0.25) is 19.8 Å². The second kappa shape index (κ2) is 10.3. The smallest absolute Gasteiger partial charge is 0.257 e. The number of aromatic nitrogens is 2. The van der Waals surface area contributed by atoms with Gasteiger partial charge in [-0.15, -0.1) is 0 Å². The number of rotatable bonds is 6. The number of carbonyl (C=O) groups is 1. The lowest BCUT2D eigenvalue weighted by atomic mass is 10.1. The number of benzene rings is 2. The van der Waals surface area contributed by atoms with Crippen LogP contribution in [-0.4, -0.2) is 28.2 Å². The SMILES string of the molecule is CCn1nc(C)c(CCN=C(NC(=O)c2ccc(Cl)cc2)Nc2ccc(C)cc2)c1C. The first-order valence-corrected chi connectivity index (χ1v) is 10.7. The van der Waals surface area contributed by atoms with Gasteiger partial charge in [0.2, 0.25) is 5.96 Å². The molecule has 0 fully saturated rings. The average Bonchev–Trinajstić information content (AvgIpc) is 3.03. The summed E-state index contributed by atoms with van der Waals surface area (Å²) in [7, 11) is 0. The summed E-state index contributed by atoms with van der Waals surface area (Å²) in [5.41, 5.74) is 5.91. The molecule has 162 valence electrons. The summed E-state index contributed by atoms with van der Waals surface area (Å²) in [4.78, 5) is 17.4. The lowest BCUT2D eigenvalue weighted by molar-refractivity contribution is 0.0977. The van der Waals surface area contributed by atoms with Gasteiger partial charge in [0.05, 0.1) is 5.69 Å². The topological polar surface area (TPSA) is 71.3 Å². The Morgan fingerprint density at radius 1 is 1.06 bits per heavy atom. The number of carbonyl (C=O) groups excluding carboxylic acids is 1. The number of hydrogen-bond donors (Lipinski definition) is 2. The number of nitrogens with one attached hydrogen (secondary N) is 2. The molecule has 0 aliphatic rings. The van der Waals surface area contributed by atoms with Crippen LogP contribution in [0.3, 0.4) is 0 Å². The lowest BCUT2D eigenvalue weighted by Gasteiger charge is -2.12. The van der Waals surface area contributed by atoms with Crippen LogP contribution in [0, 0.1) is 20.8 Å². The van der Waals surface area contributed by atoms with Crippen molar-refractivity contribution in [2.75, 3.05) is 11.9 Å². The van der Waals surface area contributed by atoms with Crippen LogP contribution in [0.4, 0.5) is 5.69 Å². The molecule has 0 atom stereocenters. The maximum Gasteiger partial charge on any atom is 0.257 e. The maximum atomic E-state index is 12.7. The summed E-state index contributed by atoms with van der Waals surface area (Å²) in [6.45, 7) is 9.57. The number of hydrogen-bond acceptors (Lipinski definition) is 3. The van der Waals surface area contributed by atoms with E-state index in [2.05, 4.69) is 34.6 Å². The summed E-state index contributed by atoms with van der Waals surface area (Å²) in [5, 5.41) is 11.3. The highest BCUT2D eigenvalue weighted by Gasteiger charge is 2.12. The van der Waals surface area contributed by atoms with Crippen molar-refractivity contribution < 1.29 is 4.79 Å². The van der Waals surface area contributed by atoms with E-state index in [1.165, 1.54) is 5.56 Å². The van der Waals surface area contributed by atoms with Crippen molar-refractivity contribution in [3.05, 3.63) is 81.6 Å². The zero-order valence-electron chi connectivity index (χ0n) is 18.4. The third kappa shape index (κ3) is 5.95. The monoisotopic (exact) mass is 437 g/mol. The van der Waals surface area contributed by atoms with E-state index in [1.54, 1.807) is 24.3 Å². The van der Waals surface area contributed by atoms with Crippen molar-refractivity contribution in [3.8, 4) is 0 Å². The van der Waals surface area contributed by atoms with Crippen molar-refractivity contribution in [1.82, 2.24) is 15.1 Å². The second-order valence-electron chi connectivity index (χ2n) is 7.40. The van der Waals surface area contributed by atoms with E-state index in [0.29, 0.717) is 23.1 Å². The molecule has 0 saturated carbocycles. The molecule has 6 nitrogen and oxygen atoms in total. The number of guanidine groups is 1. The molecular formula is C24H28ClN5O. The van der Waals surface area contributed by atoms with Gasteiger partial charge in [0, 0.05) is 35.1 Å². The predicted molar refractivity (Wildman–Crippen MR) is 127 cm³/mol. The lowest BCUT2D eigenvalue weighted by Crippen LogP contribution is -2.36. The zero-order chi connectivity index (χ0) is 22.4. The Labute approximate surface area is 188 Å². The standard InChI is InChI=1S/C24H28ClN5O/c1-5-30-18(4)22(17(3)29-30)14-15-26-24(27-21-12-6-16(2)7-13-21)28-23(31)19-8-10-20(25)11-9-19/h6-13H,5,14-15H2,1-4H3,(H2,26,27,28,31). The second-order valence-corrected chi connectivity index (χ2v) is 7.83. The van der Waals surface area contributed by atoms with E-state index in [9.17, 15) is 4.79 Å². The van der Waals surface area contributed by atoms with Crippen molar-refractivity contribution in [3.63, 3.8) is 0 Å². The van der Waals surface area contributed by atoms with Crippen molar-refractivity contribution in [2.24, 2.45) is 4.99 Å². The van der Waals surface area contributed by atoms with Gasteiger partial charge in [0.15, 0.2) is 0 Å². The molecule has 1 heterocycles. The summed E-state index contributed by atoms with van der Waals surface area (Å²) < 4.78 is 2.00. The van der Waals surface area contributed by atoms with E-state index in [1.807, 2.05) is 42.8 Å². The van der Waals surface area contributed by atoms with Gasteiger partial charge in [-0.1, -0.05) is 29.3 Å². The largest absolute Gasteiger partial charge is 0.326 e. The Hall–Kier alpha value is -3.12. The van der Waals surface area contributed by atoms with E-state index in [4.69, 9.17) is 11.6 Å². The fourth-order valence-corrected chi connectivity index (χ4v) is 3.47. The molecule has 0 aliphatic carbocycles. The molecule has 3 rings (SSSR count). The molecule has 31 heavy (non-hydrogen) atoms. The Bertz CT molecular complexity index is 1070. The van der Waals surface area contributed by atoms with Gasteiger partial charge in [-0.2, -0.15) is 5.10 Å². The fourth-order valence-electron chi connectivity index (χ4n) is 3.35. The molecule has 0 aliphatic heterocycles. The number of halogens is 1. The summed E-state index contributed by atoms with van der Waals surface area (Å²) in [6.07, 6.45) is 0.744. The highest BCUT2D eigenvalue weighted by Crippen LogP contribution is 2.14. The zero-order valence-corrected chi connectivity index (χ0v) is 19.1. The first-order valence-electron chi connectivity index (χ1n) is 10.3. The Morgan fingerprint density at radius 3 is 2.35 bits per heavy atom. The molecule has 1 aromatic heterocycles. The third-order valence-corrected chi connectivity index (χ3v) is 5.37. The summed E-state index contributed by atoms with van der Waals surface area (Å²) in [5.74, 6) is 0.156. The minimum absolute atomic E-state index is 0.249. The molecule has 0 radical (unpaired) electrons. The van der Waals surface area contributed by atoms with E-state index >= 15 is 0 Å². The Kier molecular flexibility index (Phi) is 7.47. The van der Waals surface area contributed by atoms with Gasteiger partial charge in [-0.05, 0) is 76.1 Å². The number of aryl methyl sites for hydroxylation is 3. The molecule has 1 amide bonds. The molecule has 0 bridgehead atoms. The molecule has 7 heteroatoms. The molecule has 0 unspecified atom stereocenters. The van der Waals surface area contributed by atoms with Gasteiger partial charge < -0.3 is 5.32 Å². The van der Waals surface area contributed by atoms with Crippen LogP contribution in [0.2, 0.25) is 5.02 Å². The molecular weight excluding hydrogens is 410 g/mol. The Morgan fingerprint density at radius 2 is 1.74 bits per heavy atom. The first-order chi connectivity index (χ1) is 14.9. The van der Waals surface area contributed by atoms with Gasteiger partial charge in [0.25, 0.3) is 5.91 Å². The molecule has 2 N–H and O–H groups in total. The van der Waals surface area contributed by atoms with Crippen molar-refractivity contribution in [1.29, 1.82) is 0 Å². The summed E-state index contributed by atoms with van der Waals surface area (Å²) >= 11 is 5.93. The third-order valence-electron chi connectivity index (χ3n) is 5.12. The fraction of sp³-hybridized carbons (Fsp3) is 0.292. The quantitative estimate of drug-likeness (QED) is 0.424. The van der Waals surface area contributed by atoms with Crippen molar-refractivity contribution in [2.45, 2.75) is 40.7 Å². The first kappa shape index (κ1) is 22.6. The number of aliphatic imine (C=N–C) groups is 1. The van der Waals surface area contributed by atoms with Crippen LogP contribution >= 0.6 is 11.6 Å². The highest BCUT2D eigenvalue weighted by molar-refractivity contribution is 6.30. The Balaban J connectivity index is 1.77. The van der Waals surface area contributed by atoms with Gasteiger partial charge in [-0.25, -0.2) is 0 Å². The maximum absolute atomic E-state index is 12.7. The van der Waals surface area contributed by atoms with Crippen molar-refractivity contribution >= 4 is 29.2 Å². The van der Waals surface area contributed by atoms with Crippen LogP contribution in [-0.2, 0) is 13.0 Å². The van der Waals surface area contributed by atoms with Gasteiger partial charge in [0.1, 0.15) is 0 Å². The van der Waals surface area contributed by atoms with Crippen LogP contribution in [0.1, 0.15) is 39.8 Å². The molecule has 3 aromatic rings. The summed E-state index contributed by atoms with van der Waals surface area (Å²) in [6, 6.07) is 14.7. The van der Waals surface area contributed by atoms with Crippen LogP contribution in [0.25, 0.3) is 0 Å². The number of amides is 1. The number of anilines is 1. The highest BCUT2D eigenvalue weighted by atomic mass is 35.5. The van der Waals surface area contributed by atoms with Crippen LogP contribution in [0.5, 0.6) is 0 Å². The predicted octanol–water partition coefficient (Wildman–Crippen LogP) is 4.92. The van der Waals surface area contributed by atoms with E-state index in [0.717, 1.165) is 35.6 Å². The normalized spacial score (nSPS) is 11.5. The van der Waals surface area contributed by atoms with Crippen LogP contribution < -0.4 is 10.6 Å². The molecule has 0 spiro atoms. The molecule has 2 aromatic carbocycles. The molecule has 0 saturated heterocycles. The van der Waals surface area contributed by atoms with Gasteiger partial charge >= 0.3 is 0 Å².